The number of hydrogen-bond acceptors (Lipinski definition) is 1. The predicted octanol–water partition coefficient (Wildman–Crippen LogP) is 7.63. The quantitative estimate of drug-likeness (QED) is 0.271. The Labute approximate surface area is 197 Å². The van der Waals surface area contributed by atoms with E-state index in [9.17, 15) is 0 Å². The maximum Gasteiger partial charge on any atom is 0.161 e. The third-order valence-electron chi connectivity index (χ3n) is 7.12. The second-order valence-corrected chi connectivity index (χ2v) is 10.1. The molecule has 1 atom stereocenters. The Hall–Kier alpha value is -2.22. The lowest BCUT2D eigenvalue weighted by atomic mass is 9.47. The number of fused-ring (bicyclic) bond motifs is 1. The van der Waals surface area contributed by atoms with Gasteiger partial charge in [-0.1, -0.05) is 83.0 Å². The third-order valence-corrected chi connectivity index (χ3v) is 7.12. The summed E-state index contributed by atoms with van der Waals surface area (Å²) < 4.78 is 0. The van der Waals surface area contributed by atoms with Gasteiger partial charge >= 0.3 is 0 Å². The molecule has 2 aromatic carbocycles. The molecule has 1 aliphatic carbocycles. The molecule has 0 spiro atoms. The first-order chi connectivity index (χ1) is 15.4. The zero-order chi connectivity index (χ0) is 23.1. The van der Waals surface area contributed by atoms with Gasteiger partial charge in [-0.3, -0.25) is 0 Å². The molecule has 0 aromatic heterocycles. The molecule has 1 aliphatic rings. The number of nitrogens with one attached hydrogen (secondary N) is 1. The lowest BCUT2D eigenvalue weighted by Gasteiger charge is -2.25. The SMILES string of the molecule is C=C(Cc1ccc2c(c1)CCC2)NC(Cc1cccc(C(=C)CCCCC)c1C)B(C)C. The Kier molecular flexibility index (Phi) is 8.85. The van der Waals surface area contributed by atoms with Crippen LogP contribution in [0.1, 0.15) is 72.4 Å². The summed E-state index contributed by atoms with van der Waals surface area (Å²) >= 11 is 0. The Morgan fingerprint density at radius 3 is 2.59 bits per heavy atom. The minimum atomic E-state index is 0.374. The first-order valence-corrected chi connectivity index (χ1v) is 12.7. The summed E-state index contributed by atoms with van der Waals surface area (Å²) in [5.41, 5.74) is 11.0. The van der Waals surface area contributed by atoms with Crippen LogP contribution in [-0.4, -0.2) is 12.7 Å². The summed E-state index contributed by atoms with van der Waals surface area (Å²) in [5, 5.41) is 3.78. The standard InChI is InChI=1S/C30H42BN/c1-7-8-9-12-22(2)29-16-11-14-27(24(29)4)21-30(31(5)6)32-23(3)19-25-17-18-26-13-10-15-28(26)20-25/h11,14,16-18,20,30,32H,2-3,7-10,12-13,15,19,21H2,1,4-6H3. The van der Waals surface area contributed by atoms with Crippen molar-refractivity contribution in [2.24, 2.45) is 0 Å². The van der Waals surface area contributed by atoms with Gasteiger partial charge in [0.05, 0.1) is 0 Å². The van der Waals surface area contributed by atoms with Gasteiger partial charge in [0.25, 0.3) is 0 Å². The monoisotopic (exact) mass is 427 g/mol. The first-order valence-electron chi connectivity index (χ1n) is 12.7. The molecule has 0 fully saturated rings. The Bertz CT molecular complexity index is 940. The van der Waals surface area contributed by atoms with Gasteiger partial charge in [-0.25, -0.2) is 0 Å². The lowest BCUT2D eigenvalue weighted by molar-refractivity contribution is 0.693. The van der Waals surface area contributed by atoms with Crippen LogP contribution >= 0.6 is 0 Å². The number of allylic oxidation sites excluding steroid dienone is 2. The molecule has 0 saturated heterocycles. The van der Waals surface area contributed by atoms with E-state index in [0.717, 1.165) is 25.0 Å². The van der Waals surface area contributed by atoms with Crippen molar-refractivity contribution in [1.29, 1.82) is 0 Å². The van der Waals surface area contributed by atoms with Gasteiger partial charge in [-0.15, -0.1) is 0 Å². The normalized spacial score (nSPS) is 13.5. The second-order valence-electron chi connectivity index (χ2n) is 10.1. The molecule has 1 unspecified atom stereocenters. The third kappa shape index (κ3) is 6.41. The molecule has 0 bridgehead atoms. The molecule has 0 heterocycles. The first kappa shape index (κ1) is 24.4. The molecular weight excluding hydrogens is 385 g/mol. The van der Waals surface area contributed by atoms with Crippen LogP contribution in [-0.2, 0) is 25.7 Å². The number of aryl methyl sites for hydroxylation is 2. The summed E-state index contributed by atoms with van der Waals surface area (Å²) in [7, 11) is 0. The van der Waals surface area contributed by atoms with Crippen molar-refractivity contribution in [2.45, 2.75) is 91.2 Å². The van der Waals surface area contributed by atoms with Gasteiger partial charge < -0.3 is 5.32 Å². The van der Waals surface area contributed by atoms with Crippen molar-refractivity contribution in [3.63, 3.8) is 0 Å². The van der Waals surface area contributed by atoms with E-state index in [1.165, 1.54) is 66.4 Å². The fourth-order valence-corrected chi connectivity index (χ4v) is 5.00. The van der Waals surface area contributed by atoms with E-state index in [0.29, 0.717) is 12.7 Å². The maximum absolute atomic E-state index is 4.40. The van der Waals surface area contributed by atoms with Crippen molar-refractivity contribution >= 4 is 12.3 Å². The van der Waals surface area contributed by atoms with Crippen LogP contribution in [0.2, 0.25) is 13.6 Å². The van der Waals surface area contributed by atoms with E-state index in [4.69, 9.17) is 0 Å². The summed E-state index contributed by atoms with van der Waals surface area (Å²) in [6, 6.07) is 13.8. The van der Waals surface area contributed by atoms with Crippen LogP contribution < -0.4 is 5.32 Å². The van der Waals surface area contributed by atoms with Gasteiger partial charge in [0.15, 0.2) is 6.71 Å². The molecule has 0 saturated carbocycles. The van der Waals surface area contributed by atoms with Gasteiger partial charge in [-0.05, 0) is 84.4 Å². The van der Waals surface area contributed by atoms with E-state index < -0.39 is 0 Å². The van der Waals surface area contributed by atoms with Gasteiger partial charge in [0, 0.05) is 18.1 Å². The molecular formula is C30H42BN. The fraction of sp³-hybridized carbons (Fsp3) is 0.467. The summed E-state index contributed by atoms with van der Waals surface area (Å²) in [6.45, 7) is 18.5. The molecule has 2 aromatic rings. The molecule has 0 amide bonds. The van der Waals surface area contributed by atoms with Crippen molar-refractivity contribution in [1.82, 2.24) is 5.32 Å². The minimum Gasteiger partial charge on any atom is -0.393 e. The van der Waals surface area contributed by atoms with Crippen molar-refractivity contribution in [3.05, 3.63) is 88.6 Å². The summed E-state index contributed by atoms with van der Waals surface area (Å²) in [6.07, 6.45) is 10.6. The zero-order valence-electron chi connectivity index (χ0n) is 20.9. The Morgan fingerprint density at radius 2 is 1.84 bits per heavy atom. The average molecular weight is 427 g/mol. The highest BCUT2D eigenvalue weighted by molar-refractivity contribution is 6.57. The van der Waals surface area contributed by atoms with Crippen molar-refractivity contribution in [2.75, 3.05) is 0 Å². The summed E-state index contributed by atoms with van der Waals surface area (Å²) in [4.78, 5) is 0. The van der Waals surface area contributed by atoms with E-state index >= 15 is 0 Å². The molecule has 1 N–H and O–H groups in total. The largest absolute Gasteiger partial charge is 0.393 e. The van der Waals surface area contributed by atoms with Gasteiger partial charge in [0.1, 0.15) is 0 Å². The molecule has 0 aliphatic heterocycles. The van der Waals surface area contributed by atoms with Crippen LogP contribution in [0, 0.1) is 6.92 Å². The van der Waals surface area contributed by atoms with E-state index in [1.807, 2.05) is 0 Å². The fourth-order valence-electron chi connectivity index (χ4n) is 5.00. The highest BCUT2D eigenvalue weighted by Gasteiger charge is 2.19. The lowest BCUT2D eigenvalue weighted by Crippen LogP contribution is -2.41. The average Bonchev–Trinajstić information content (AvgIpc) is 3.22. The highest BCUT2D eigenvalue weighted by Crippen LogP contribution is 2.26. The van der Waals surface area contributed by atoms with Crippen LogP contribution in [0.4, 0.5) is 0 Å². The molecule has 1 nitrogen and oxygen atoms in total. The predicted molar refractivity (Wildman–Crippen MR) is 144 cm³/mol. The highest BCUT2D eigenvalue weighted by atomic mass is 14.9. The number of rotatable bonds is 12. The molecule has 0 radical (unpaired) electrons. The zero-order valence-corrected chi connectivity index (χ0v) is 20.9. The van der Waals surface area contributed by atoms with Crippen molar-refractivity contribution in [3.8, 4) is 0 Å². The second kappa shape index (κ2) is 11.6. The molecule has 170 valence electrons. The number of unbranched alkanes of at least 4 members (excludes halogenated alkanes) is 2. The minimum absolute atomic E-state index is 0.374. The Morgan fingerprint density at radius 1 is 1.06 bits per heavy atom. The maximum atomic E-state index is 4.40. The number of hydrogen-bond donors (Lipinski definition) is 1. The molecule has 2 heteroatoms. The smallest absolute Gasteiger partial charge is 0.161 e. The van der Waals surface area contributed by atoms with E-state index in [-0.39, 0.29) is 0 Å². The summed E-state index contributed by atoms with van der Waals surface area (Å²) in [5.74, 6) is 0.374. The molecule has 32 heavy (non-hydrogen) atoms. The van der Waals surface area contributed by atoms with Crippen molar-refractivity contribution < 1.29 is 0 Å². The van der Waals surface area contributed by atoms with Gasteiger partial charge in [-0.2, -0.15) is 0 Å². The van der Waals surface area contributed by atoms with Crippen LogP contribution in [0.15, 0.2) is 55.3 Å². The van der Waals surface area contributed by atoms with E-state index in [2.05, 4.69) is 82.4 Å². The van der Waals surface area contributed by atoms with E-state index in [1.54, 1.807) is 11.1 Å². The number of benzene rings is 2. The Balaban J connectivity index is 1.65. The van der Waals surface area contributed by atoms with Crippen LogP contribution in [0.5, 0.6) is 0 Å². The van der Waals surface area contributed by atoms with Crippen LogP contribution in [0.3, 0.4) is 0 Å². The molecule has 3 rings (SSSR count). The topological polar surface area (TPSA) is 12.0 Å². The van der Waals surface area contributed by atoms with Gasteiger partial charge in [0.2, 0.25) is 0 Å². The van der Waals surface area contributed by atoms with Crippen LogP contribution in [0.25, 0.3) is 5.57 Å².